The third-order valence-corrected chi connectivity index (χ3v) is 5.76. The Morgan fingerprint density at radius 3 is 2.11 bits per heavy atom. The zero-order chi connectivity index (χ0) is 26.7. The van der Waals surface area contributed by atoms with E-state index in [1.165, 1.54) is 0 Å². The van der Waals surface area contributed by atoms with Crippen LogP contribution in [0.2, 0.25) is 0 Å². The number of amides is 2. The summed E-state index contributed by atoms with van der Waals surface area (Å²) in [6.07, 6.45) is -15.4. The number of carboxylic acids is 1. The molecule has 2 saturated heterocycles. The molecule has 0 aromatic rings. The molecule has 16 nitrogen and oxygen atoms in total. The van der Waals surface area contributed by atoms with Crippen LogP contribution in [0.5, 0.6) is 0 Å². The molecule has 2 aliphatic heterocycles. The van der Waals surface area contributed by atoms with Gasteiger partial charge in [0.2, 0.25) is 11.8 Å². The molecular weight excluding hydrogens is 480 g/mol. The average Bonchev–Trinajstić information content (AvgIpc) is 2.78. The van der Waals surface area contributed by atoms with Crippen molar-refractivity contribution >= 4 is 17.8 Å². The van der Waals surface area contributed by atoms with Gasteiger partial charge in [0.1, 0.15) is 42.7 Å². The minimum Gasteiger partial charge on any atom is -0.477 e. The van der Waals surface area contributed by atoms with Crippen molar-refractivity contribution in [3.63, 3.8) is 0 Å². The highest BCUT2D eigenvalue weighted by Gasteiger charge is 2.59. The minimum absolute atomic E-state index is 0.698. The van der Waals surface area contributed by atoms with Crippen molar-refractivity contribution in [2.75, 3.05) is 13.2 Å². The summed E-state index contributed by atoms with van der Waals surface area (Å²) in [7, 11) is 0. The lowest BCUT2D eigenvalue weighted by molar-refractivity contribution is -0.352. The Balaban J connectivity index is 2.50. The van der Waals surface area contributed by atoms with Gasteiger partial charge in [-0.2, -0.15) is 0 Å². The molecule has 0 spiro atoms. The molecule has 10 N–H and O–H groups in total. The van der Waals surface area contributed by atoms with Gasteiger partial charge in [-0.1, -0.05) is 0 Å². The first-order valence-electron chi connectivity index (χ1n) is 10.7. The maximum Gasteiger partial charge on any atom is 0.364 e. The first-order chi connectivity index (χ1) is 16.3. The summed E-state index contributed by atoms with van der Waals surface area (Å²) >= 11 is 0. The Kier molecular flexibility index (Phi) is 9.88. The molecule has 0 aliphatic carbocycles. The molecule has 0 aromatic heterocycles. The van der Waals surface area contributed by atoms with Crippen LogP contribution in [0, 0.1) is 0 Å². The third-order valence-electron chi connectivity index (χ3n) is 5.76. The number of aliphatic hydroxyl groups excluding tert-OH is 7. The predicted octanol–water partition coefficient (Wildman–Crippen LogP) is -5.90. The predicted molar refractivity (Wildman–Crippen MR) is 109 cm³/mol. The summed E-state index contributed by atoms with van der Waals surface area (Å²) < 4.78 is 16.1. The standard InChI is InChI=1S/C19H32N2O14/c1-6(24)20-11-8(26)3-19(18(31)32,34-15(11)13(28)9(27)4-22)35-16-12(21-7(2)25)17(30)33-10(5-23)14(16)29/h8-17,22-23,26-30H,3-5H2,1-2H3,(H,20,24)(H,21,25)(H,31,32)/t8-,9+,10+,11+,12+,13+,14-,15+,16+,17?,19-/m0/s1. The van der Waals surface area contributed by atoms with Gasteiger partial charge in [-0.15, -0.1) is 0 Å². The van der Waals surface area contributed by atoms with Crippen molar-refractivity contribution in [2.24, 2.45) is 0 Å². The van der Waals surface area contributed by atoms with E-state index in [4.69, 9.17) is 14.2 Å². The number of carbonyl (C=O) groups is 3. The molecule has 202 valence electrons. The van der Waals surface area contributed by atoms with Crippen LogP contribution in [0.4, 0.5) is 0 Å². The number of rotatable bonds is 9. The summed E-state index contributed by atoms with van der Waals surface area (Å²) in [4.78, 5) is 35.6. The van der Waals surface area contributed by atoms with Gasteiger partial charge >= 0.3 is 5.97 Å². The van der Waals surface area contributed by atoms with Crippen LogP contribution in [-0.2, 0) is 28.6 Å². The van der Waals surface area contributed by atoms with E-state index in [2.05, 4.69) is 10.6 Å². The molecule has 2 amide bonds. The fourth-order valence-electron chi connectivity index (χ4n) is 4.08. The van der Waals surface area contributed by atoms with Crippen molar-refractivity contribution < 1.29 is 69.4 Å². The second-order valence-corrected chi connectivity index (χ2v) is 8.43. The van der Waals surface area contributed by atoms with Gasteiger partial charge < -0.3 is 65.7 Å². The molecular formula is C19H32N2O14. The molecule has 2 heterocycles. The molecule has 0 bridgehead atoms. The highest BCUT2D eigenvalue weighted by Crippen LogP contribution is 2.37. The highest BCUT2D eigenvalue weighted by atomic mass is 16.7. The van der Waals surface area contributed by atoms with E-state index in [0.29, 0.717) is 0 Å². The monoisotopic (exact) mass is 512 g/mol. The van der Waals surface area contributed by atoms with E-state index >= 15 is 0 Å². The largest absolute Gasteiger partial charge is 0.477 e. The average molecular weight is 512 g/mol. The number of ether oxygens (including phenoxy) is 3. The van der Waals surface area contributed by atoms with Crippen LogP contribution in [0.25, 0.3) is 0 Å². The van der Waals surface area contributed by atoms with Crippen LogP contribution in [0.15, 0.2) is 0 Å². The molecule has 16 heteroatoms. The van der Waals surface area contributed by atoms with Gasteiger partial charge in [0.05, 0.1) is 25.4 Å². The Morgan fingerprint density at radius 1 is 1.06 bits per heavy atom. The van der Waals surface area contributed by atoms with Crippen LogP contribution in [0.1, 0.15) is 20.3 Å². The quantitative estimate of drug-likeness (QED) is 0.138. The van der Waals surface area contributed by atoms with E-state index in [1.807, 2.05) is 0 Å². The first kappa shape index (κ1) is 29.2. The smallest absolute Gasteiger partial charge is 0.364 e. The van der Waals surface area contributed by atoms with Crippen molar-refractivity contribution in [2.45, 2.75) is 87.2 Å². The molecule has 2 fully saturated rings. The number of hydrogen-bond donors (Lipinski definition) is 10. The number of aliphatic hydroxyl groups is 7. The number of hydrogen-bond acceptors (Lipinski definition) is 13. The molecule has 11 atom stereocenters. The van der Waals surface area contributed by atoms with Crippen molar-refractivity contribution in [1.82, 2.24) is 10.6 Å². The van der Waals surface area contributed by atoms with E-state index in [0.717, 1.165) is 13.8 Å². The maximum absolute atomic E-state index is 12.3. The molecule has 0 radical (unpaired) electrons. The normalized spacial score (nSPS) is 39.3. The van der Waals surface area contributed by atoms with Gasteiger partial charge in [0, 0.05) is 20.3 Å². The molecule has 2 aliphatic rings. The lowest BCUT2D eigenvalue weighted by Gasteiger charge is -2.50. The van der Waals surface area contributed by atoms with E-state index in [9.17, 15) is 55.2 Å². The lowest BCUT2D eigenvalue weighted by atomic mass is 9.88. The number of aliphatic carboxylic acids is 1. The van der Waals surface area contributed by atoms with Crippen LogP contribution < -0.4 is 10.6 Å². The lowest BCUT2D eigenvalue weighted by Crippen LogP contribution is -2.71. The summed E-state index contributed by atoms with van der Waals surface area (Å²) in [6.45, 7) is 0.311. The Labute approximate surface area is 199 Å². The minimum atomic E-state index is -2.87. The summed E-state index contributed by atoms with van der Waals surface area (Å²) in [5.41, 5.74) is 0. The van der Waals surface area contributed by atoms with Crippen molar-refractivity contribution in [3.05, 3.63) is 0 Å². The molecule has 0 saturated carbocycles. The van der Waals surface area contributed by atoms with Crippen molar-refractivity contribution in [3.8, 4) is 0 Å². The molecule has 35 heavy (non-hydrogen) atoms. The van der Waals surface area contributed by atoms with Crippen LogP contribution in [-0.4, -0.2) is 139 Å². The molecule has 0 aromatic carbocycles. The van der Waals surface area contributed by atoms with Gasteiger partial charge in [0.15, 0.2) is 6.29 Å². The van der Waals surface area contributed by atoms with E-state index in [1.54, 1.807) is 0 Å². The van der Waals surface area contributed by atoms with Gasteiger partial charge in [-0.3, -0.25) is 9.59 Å². The fraction of sp³-hybridized carbons (Fsp3) is 0.842. The number of nitrogens with one attached hydrogen (secondary N) is 2. The second-order valence-electron chi connectivity index (χ2n) is 8.43. The maximum atomic E-state index is 12.3. The Hall–Kier alpha value is -1.99. The van der Waals surface area contributed by atoms with Gasteiger partial charge in [-0.25, -0.2) is 4.79 Å². The fourth-order valence-corrected chi connectivity index (χ4v) is 4.08. The summed E-state index contributed by atoms with van der Waals surface area (Å²) in [6, 6.07) is -3.02. The molecule has 1 unspecified atom stereocenters. The van der Waals surface area contributed by atoms with Gasteiger partial charge in [-0.05, 0) is 0 Å². The zero-order valence-electron chi connectivity index (χ0n) is 18.9. The van der Waals surface area contributed by atoms with E-state index < -0.39 is 104 Å². The second kappa shape index (κ2) is 11.8. The topological polar surface area (TPSA) is 265 Å². The Morgan fingerprint density at radius 2 is 1.63 bits per heavy atom. The van der Waals surface area contributed by atoms with E-state index in [-0.39, 0.29) is 0 Å². The summed E-state index contributed by atoms with van der Waals surface area (Å²) in [5, 5.41) is 85.1. The van der Waals surface area contributed by atoms with Crippen LogP contribution >= 0.6 is 0 Å². The third kappa shape index (κ3) is 6.42. The summed E-state index contributed by atoms with van der Waals surface area (Å²) in [5.74, 6) is -6.16. The SMILES string of the molecule is CC(=O)N[C@H]1[C@H]([C@H](O)[C@H](O)CO)O[C@@](O[C@H]2[C@@H](O)[C@@H](CO)OC(O)[C@@H]2NC(C)=O)(C(=O)O)C[C@@H]1O. The van der Waals surface area contributed by atoms with Gasteiger partial charge in [0.25, 0.3) is 5.79 Å². The van der Waals surface area contributed by atoms with Crippen molar-refractivity contribution in [1.29, 1.82) is 0 Å². The first-order valence-corrected chi connectivity index (χ1v) is 10.7. The zero-order valence-corrected chi connectivity index (χ0v) is 18.9. The number of carbonyl (C=O) groups excluding carboxylic acids is 2. The number of carboxylic acid groups (broad SMARTS) is 1. The molecule has 2 rings (SSSR count). The highest BCUT2D eigenvalue weighted by molar-refractivity contribution is 5.77. The Bertz CT molecular complexity index is 770. The van der Waals surface area contributed by atoms with Crippen LogP contribution in [0.3, 0.4) is 0 Å².